The third-order valence-electron chi connectivity index (χ3n) is 16.6. The van der Waals surface area contributed by atoms with E-state index in [2.05, 4.69) is 48.5 Å². The molecule has 0 bridgehead atoms. The molecule has 0 saturated carbocycles. The number of aliphatic hydroxyl groups excluding tert-OH is 1. The first-order valence-electron chi connectivity index (χ1n) is 37.3. The van der Waals surface area contributed by atoms with Crippen LogP contribution in [0.5, 0.6) is 0 Å². The van der Waals surface area contributed by atoms with Gasteiger partial charge in [0.25, 0.3) is 0 Å². The molecule has 2 unspecified atom stereocenters. The zero-order valence-electron chi connectivity index (χ0n) is 59.3. The summed E-state index contributed by atoms with van der Waals surface area (Å²) in [6.07, 6.45) is 47.9. The maximum absolute atomic E-state index is 13.0. The fourth-order valence-electron chi connectivity index (χ4n) is 10.9. The lowest BCUT2D eigenvalue weighted by atomic mass is 10.0. The van der Waals surface area contributed by atoms with Crippen LogP contribution in [0.2, 0.25) is 0 Å². The molecule has 91 heavy (non-hydrogen) atoms. The molecule has 17 nitrogen and oxygen atoms in total. The first-order chi connectivity index (χ1) is 43.7. The Morgan fingerprint density at radius 3 is 0.747 bits per heavy atom. The Bertz CT molecular complexity index is 1780. The number of ether oxygens (including phenoxy) is 4. The summed E-state index contributed by atoms with van der Waals surface area (Å²) in [5.41, 5.74) is 0. The van der Waals surface area contributed by atoms with Gasteiger partial charge in [-0.15, -0.1) is 0 Å². The second-order valence-corrected chi connectivity index (χ2v) is 30.3. The van der Waals surface area contributed by atoms with Crippen LogP contribution in [0.3, 0.4) is 0 Å². The maximum atomic E-state index is 13.0. The van der Waals surface area contributed by atoms with E-state index in [1.54, 1.807) is 0 Å². The van der Waals surface area contributed by atoms with Gasteiger partial charge in [0.05, 0.1) is 26.4 Å². The van der Waals surface area contributed by atoms with Gasteiger partial charge in [0.2, 0.25) is 0 Å². The smallest absolute Gasteiger partial charge is 0.462 e. The van der Waals surface area contributed by atoms with E-state index in [1.165, 1.54) is 167 Å². The highest BCUT2D eigenvalue weighted by molar-refractivity contribution is 7.47. The van der Waals surface area contributed by atoms with Gasteiger partial charge in [0, 0.05) is 25.7 Å². The minimum absolute atomic E-state index is 0.101. The molecule has 19 heteroatoms. The van der Waals surface area contributed by atoms with Gasteiger partial charge in [-0.2, -0.15) is 0 Å². The number of aliphatic hydroxyl groups is 1. The predicted molar refractivity (Wildman–Crippen MR) is 368 cm³/mol. The second-order valence-electron chi connectivity index (χ2n) is 27.4. The average Bonchev–Trinajstić information content (AvgIpc) is 3.39. The van der Waals surface area contributed by atoms with Crippen molar-refractivity contribution >= 4 is 39.5 Å². The van der Waals surface area contributed by atoms with Crippen molar-refractivity contribution < 1.29 is 80.2 Å². The van der Waals surface area contributed by atoms with Crippen molar-refractivity contribution in [1.82, 2.24) is 0 Å². The van der Waals surface area contributed by atoms with Crippen molar-refractivity contribution in [2.75, 3.05) is 39.6 Å². The van der Waals surface area contributed by atoms with Crippen LogP contribution < -0.4 is 0 Å². The molecule has 3 N–H and O–H groups in total. The molecule has 0 saturated heterocycles. The molecule has 540 valence electrons. The van der Waals surface area contributed by atoms with Crippen molar-refractivity contribution in [3.63, 3.8) is 0 Å². The Labute approximate surface area is 556 Å². The van der Waals surface area contributed by atoms with E-state index in [9.17, 15) is 43.2 Å². The fraction of sp³-hybridized carbons (Fsp3) is 0.944. The highest BCUT2D eigenvalue weighted by Gasteiger charge is 2.30. The third kappa shape index (κ3) is 66.5. The summed E-state index contributed by atoms with van der Waals surface area (Å²) in [5, 5.41) is 10.6. The molecule has 0 rings (SSSR count). The largest absolute Gasteiger partial charge is 0.472 e. The molecule has 0 amide bonds. The van der Waals surface area contributed by atoms with Crippen molar-refractivity contribution in [2.45, 2.75) is 381 Å². The van der Waals surface area contributed by atoms with Crippen molar-refractivity contribution in [3.8, 4) is 0 Å². The molecule has 0 aromatic rings. The van der Waals surface area contributed by atoms with Crippen molar-refractivity contribution in [1.29, 1.82) is 0 Å². The van der Waals surface area contributed by atoms with Crippen LogP contribution in [0, 0.1) is 17.8 Å². The molecular weight excluding hydrogens is 1200 g/mol. The zero-order valence-corrected chi connectivity index (χ0v) is 61.1. The average molecular weight is 1340 g/mol. The molecule has 0 aromatic carbocycles. The monoisotopic (exact) mass is 1340 g/mol. The zero-order chi connectivity index (χ0) is 67.3. The summed E-state index contributed by atoms with van der Waals surface area (Å²) in [4.78, 5) is 72.4. The summed E-state index contributed by atoms with van der Waals surface area (Å²) >= 11 is 0. The fourth-order valence-corrected chi connectivity index (χ4v) is 12.5. The number of esters is 4. The highest BCUT2D eigenvalue weighted by atomic mass is 31.2. The maximum Gasteiger partial charge on any atom is 0.472 e. The number of phosphoric ester groups is 2. The van der Waals surface area contributed by atoms with E-state index in [-0.39, 0.29) is 25.7 Å². The molecule has 0 spiro atoms. The lowest BCUT2D eigenvalue weighted by Crippen LogP contribution is -2.30. The third-order valence-corrected chi connectivity index (χ3v) is 18.5. The second kappa shape index (κ2) is 62.8. The molecule has 0 heterocycles. The number of hydrogen-bond acceptors (Lipinski definition) is 15. The molecule has 0 fully saturated rings. The van der Waals surface area contributed by atoms with Gasteiger partial charge in [-0.3, -0.25) is 37.3 Å². The van der Waals surface area contributed by atoms with Crippen LogP contribution in [0.15, 0.2) is 0 Å². The number of carbonyl (C=O) groups is 4. The van der Waals surface area contributed by atoms with Crippen molar-refractivity contribution in [3.05, 3.63) is 0 Å². The van der Waals surface area contributed by atoms with Crippen LogP contribution in [0.4, 0.5) is 0 Å². The summed E-state index contributed by atoms with van der Waals surface area (Å²) in [6.45, 7) is 11.6. The Balaban J connectivity index is 5.13. The summed E-state index contributed by atoms with van der Waals surface area (Å²) < 4.78 is 68.2. The minimum Gasteiger partial charge on any atom is -0.462 e. The van der Waals surface area contributed by atoms with Crippen LogP contribution >= 0.6 is 15.6 Å². The number of rotatable bonds is 70. The van der Waals surface area contributed by atoms with Gasteiger partial charge >= 0.3 is 39.5 Å². The van der Waals surface area contributed by atoms with Gasteiger partial charge in [-0.25, -0.2) is 9.13 Å². The van der Waals surface area contributed by atoms with E-state index in [0.29, 0.717) is 37.5 Å². The Hall–Kier alpha value is -1.94. The van der Waals surface area contributed by atoms with E-state index in [0.717, 1.165) is 102 Å². The lowest BCUT2D eigenvalue weighted by Gasteiger charge is -2.21. The highest BCUT2D eigenvalue weighted by Crippen LogP contribution is 2.45. The molecule has 0 aliphatic carbocycles. The molecule has 0 aromatic heterocycles. The van der Waals surface area contributed by atoms with Gasteiger partial charge < -0.3 is 33.8 Å². The molecule has 5 atom stereocenters. The minimum atomic E-state index is -4.95. The van der Waals surface area contributed by atoms with E-state index < -0.39 is 97.5 Å². The molecule has 0 aliphatic heterocycles. The van der Waals surface area contributed by atoms with Crippen molar-refractivity contribution in [2.24, 2.45) is 17.8 Å². The van der Waals surface area contributed by atoms with Gasteiger partial charge in [-0.05, 0) is 43.4 Å². The number of hydrogen-bond donors (Lipinski definition) is 3. The summed E-state index contributed by atoms with van der Waals surface area (Å²) in [5.74, 6) is -0.0590. The lowest BCUT2D eigenvalue weighted by molar-refractivity contribution is -0.161. The van der Waals surface area contributed by atoms with E-state index in [4.69, 9.17) is 37.0 Å². The number of phosphoric acid groups is 2. The van der Waals surface area contributed by atoms with E-state index in [1.807, 2.05) is 0 Å². The van der Waals surface area contributed by atoms with Crippen LogP contribution in [-0.2, 0) is 65.4 Å². The van der Waals surface area contributed by atoms with Crippen LogP contribution in [-0.4, -0.2) is 96.7 Å². The van der Waals surface area contributed by atoms with Gasteiger partial charge in [-0.1, -0.05) is 312 Å². The topological polar surface area (TPSA) is 237 Å². The standard InChI is InChI=1S/C72H140O17P2/c1-8-9-10-11-12-13-14-15-16-17-18-19-20-21-22-23-24-25-26-31-41-48-55-71(76)88-67(59-82-69(74)53-46-39-30-28-27-29-36-43-50-63(2)3)61-86-90(78,79)84-57-66(73)58-85-91(80,81)87-62-68(89-72(77)56-49-42-35-33-38-45-52-65(6)7)60-83-70(75)54-47-40-34-32-37-44-51-64(4)5/h63-68,73H,8-62H2,1-7H3,(H,78,79)(H,80,81)/t66-,67-,68-/m1/s1. The first-order valence-corrected chi connectivity index (χ1v) is 40.3. The SMILES string of the molecule is CCCCCCCCCCCCCCCCCCCCCCCCC(=O)O[C@H](COC(=O)CCCCCCCCCCC(C)C)COP(=O)(O)OC[C@@H](O)COP(=O)(O)OC[C@@H](COC(=O)CCCCCCCCC(C)C)OC(=O)CCCCCCCCC(C)C. The number of carbonyl (C=O) groups excluding carboxylic acids is 4. The number of unbranched alkanes of at least 4 members (excludes halogenated alkanes) is 38. The predicted octanol–water partition coefficient (Wildman–Crippen LogP) is 20.6. The Morgan fingerprint density at radius 1 is 0.297 bits per heavy atom. The Morgan fingerprint density at radius 2 is 0.505 bits per heavy atom. The van der Waals surface area contributed by atoms with Crippen LogP contribution in [0.25, 0.3) is 0 Å². The normalized spacial score (nSPS) is 14.2. The molecule has 0 aliphatic rings. The van der Waals surface area contributed by atoms with E-state index >= 15 is 0 Å². The molecule has 0 radical (unpaired) electrons. The summed E-state index contributed by atoms with van der Waals surface area (Å²) in [7, 11) is -9.90. The summed E-state index contributed by atoms with van der Waals surface area (Å²) in [6, 6.07) is 0. The first kappa shape index (κ1) is 89.1. The van der Waals surface area contributed by atoms with Crippen LogP contribution in [0.1, 0.15) is 363 Å². The van der Waals surface area contributed by atoms with Gasteiger partial charge in [0.15, 0.2) is 12.2 Å². The van der Waals surface area contributed by atoms with Gasteiger partial charge in [0.1, 0.15) is 19.3 Å². The molecular formula is C72H140O17P2. The Kier molecular flexibility index (Phi) is 61.5. The quantitative estimate of drug-likeness (QED) is 0.0222.